The van der Waals surface area contributed by atoms with Crippen LogP contribution in [-0.2, 0) is 11.8 Å². The molecule has 1 aromatic heterocycles. The van der Waals surface area contributed by atoms with Gasteiger partial charge in [-0.05, 0) is 51.9 Å². The Morgan fingerprint density at radius 3 is 2.29 bits per heavy atom. The predicted octanol–water partition coefficient (Wildman–Crippen LogP) is 5.18. The van der Waals surface area contributed by atoms with Crippen molar-refractivity contribution in [2.24, 2.45) is 0 Å². The number of aromatic nitrogens is 1. The number of nitrogens with zero attached hydrogens (tertiary/aromatic N) is 1. The van der Waals surface area contributed by atoms with Crippen LogP contribution in [0.4, 0.5) is 0 Å². The first-order chi connectivity index (χ1) is 15.2. The van der Waals surface area contributed by atoms with Gasteiger partial charge in [0.05, 0.1) is 5.69 Å². The highest BCUT2D eigenvalue weighted by Crippen LogP contribution is 2.52. The lowest BCUT2D eigenvalue weighted by atomic mass is 9.75. The van der Waals surface area contributed by atoms with E-state index in [4.69, 9.17) is 0 Å². The average molecular weight is 399 g/mol. The maximum absolute atomic E-state index is 14.3. The van der Waals surface area contributed by atoms with E-state index in [-0.39, 0.29) is 11.3 Å². The van der Waals surface area contributed by atoms with Gasteiger partial charge in [-0.3, -0.25) is 14.2 Å². The second kappa shape index (κ2) is 5.58. The number of hydrogen-bond acceptors (Lipinski definition) is 2. The quantitative estimate of drug-likeness (QED) is 0.360. The molecule has 1 aliphatic carbocycles. The van der Waals surface area contributed by atoms with E-state index in [1.807, 2.05) is 78.9 Å². The Balaban J connectivity index is 1.63. The van der Waals surface area contributed by atoms with E-state index in [1.165, 1.54) is 0 Å². The summed E-state index contributed by atoms with van der Waals surface area (Å²) in [4.78, 5) is 27.9. The van der Waals surface area contributed by atoms with Gasteiger partial charge in [-0.15, -0.1) is 0 Å². The maximum Gasteiger partial charge on any atom is 0.263 e. The highest BCUT2D eigenvalue weighted by Gasteiger charge is 2.55. The lowest BCUT2D eigenvalue weighted by molar-refractivity contribution is 0.0931. The number of carbonyl (C=O) groups is 1. The summed E-state index contributed by atoms with van der Waals surface area (Å²) in [5, 5.41) is 3.60. The van der Waals surface area contributed by atoms with Crippen LogP contribution in [-0.4, -0.2) is 10.4 Å². The van der Waals surface area contributed by atoms with Crippen molar-refractivity contribution in [2.45, 2.75) is 11.8 Å². The molecule has 0 bridgehead atoms. The van der Waals surface area contributed by atoms with Gasteiger partial charge in [0, 0.05) is 16.6 Å². The summed E-state index contributed by atoms with van der Waals surface area (Å²) >= 11 is 0. The van der Waals surface area contributed by atoms with Crippen molar-refractivity contribution in [3.63, 3.8) is 0 Å². The number of para-hydroxylation sites is 1. The molecule has 31 heavy (non-hydrogen) atoms. The summed E-state index contributed by atoms with van der Waals surface area (Å²) < 4.78 is 1.77. The van der Waals surface area contributed by atoms with Crippen LogP contribution in [0.5, 0.6) is 0 Å². The van der Waals surface area contributed by atoms with Crippen LogP contribution in [0.3, 0.4) is 0 Å². The Bertz CT molecular complexity index is 1660. The molecule has 0 amide bonds. The zero-order valence-electron chi connectivity index (χ0n) is 16.6. The standard InChI is InChI=1S/C28H17NO2/c30-26-25-19(14-13-17-7-1-3-9-20(17)25)16-28(26)22-11-5-6-12-23(22)29-24(28)15-18-8-2-4-10-21(18)27(29)31/h1-15H,16H2. The number of rotatable bonds is 0. The molecule has 0 N–H and O–H groups in total. The Morgan fingerprint density at radius 1 is 0.710 bits per heavy atom. The summed E-state index contributed by atoms with van der Waals surface area (Å²) in [6, 6.07) is 29.8. The second-order valence-electron chi connectivity index (χ2n) is 8.51. The third-order valence-corrected chi connectivity index (χ3v) is 7.06. The van der Waals surface area contributed by atoms with E-state index < -0.39 is 5.41 Å². The smallest absolute Gasteiger partial charge is 0.263 e. The number of ketones is 1. The number of carbonyl (C=O) groups excluding carboxylic acids is 1. The second-order valence-corrected chi connectivity index (χ2v) is 8.51. The van der Waals surface area contributed by atoms with Crippen LogP contribution in [0.25, 0.3) is 27.2 Å². The third-order valence-electron chi connectivity index (χ3n) is 7.06. The molecule has 1 spiro atoms. The monoisotopic (exact) mass is 399 g/mol. The molecular weight excluding hydrogens is 382 g/mol. The van der Waals surface area contributed by atoms with Crippen molar-refractivity contribution in [1.82, 2.24) is 4.57 Å². The van der Waals surface area contributed by atoms with Gasteiger partial charge in [0.2, 0.25) is 0 Å². The molecule has 1 atom stereocenters. The molecule has 0 radical (unpaired) electrons. The first-order valence-corrected chi connectivity index (χ1v) is 10.5. The van der Waals surface area contributed by atoms with Crippen molar-refractivity contribution >= 4 is 27.3 Å². The van der Waals surface area contributed by atoms with Gasteiger partial charge < -0.3 is 0 Å². The minimum atomic E-state index is -0.869. The van der Waals surface area contributed by atoms with E-state index in [0.29, 0.717) is 11.8 Å². The number of benzene rings is 4. The van der Waals surface area contributed by atoms with E-state index in [9.17, 15) is 9.59 Å². The number of hydrogen-bond donors (Lipinski definition) is 0. The zero-order valence-corrected chi connectivity index (χ0v) is 16.6. The first kappa shape index (κ1) is 16.8. The number of fused-ring (bicyclic) bond motifs is 9. The van der Waals surface area contributed by atoms with Crippen LogP contribution in [0.1, 0.15) is 27.2 Å². The van der Waals surface area contributed by atoms with E-state index in [1.54, 1.807) is 4.57 Å². The molecule has 2 heterocycles. The van der Waals surface area contributed by atoms with Gasteiger partial charge in [0.25, 0.3) is 5.56 Å². The van der Waals surface area contributed by atoms with Gasteiger partial charge in [-0.2, -0.15) is 0 Å². The molecule has 0 saturated carbocycles. The fourth-order valence-corrected chi connectivity index (χ4v) is 5.72. The van der Waals surface area contributed by atoms with Crippen molar-refractivity contribution in [2.75, 3.05) is 0 Å². The number of pyridine rings is 1. The van der Waals surface area contributed by atoms with Gasteiger partial charge in [0.1, 0.15) is 5.41 Å². The van der Waals surface area contributed by atoms with Gasteiger partial charge in [-0.25, -0.2) is 0 Å². The average Bonchev–Trinajstić information content (AvgIpc) is 3.27. The largest absolute Gasteiger partial charge is 0.293 e. The van der Waals surface area contributed by atoms with Crippen LogP contribution in [0.15, 0.2) is 95.8 Å². The molecule has 5 aromatic rings. The van der Waals surface area contributed by atoms with E-state index in [0.717, 1.165) is 44.2 Å². The highest BCUT2D eigenvalue weighted by molar-refractivity contribution is 6.19. The molecule has 4 aromatic carbocycles. The first-order valence-electron chi connectivity index (χ1n) is 10.5. The maximum atomic E-state index is 14.3. The molecule has 7 rings (SSSR count). The fraction of sp³-hybridized carbons (Fsp3) is 0.0714. The molecule has 1 unspecified atom stereocenters. The van der Waals surface area contributed by atoms with Gasteiger partial charge in [-0.1, -0.05) is 72.8 Å². The summed E-state index contributed by atoms with van der Waals surface area (Å²) in [6.07, 6.45) is 0.570. The molecule has 146 valence electrons. The normalized spacial score (nSPS) is 18.5. The lowest BCUT2D eigenvalue weighted by Crippen LogP contribution is -2.34. The Labute approximate surface area is 178 Å². The summed E-state index contributed by atoms with van der Waals surface area (Å²) in [6.45, 7) is 0. The van der Waals surface area contributed by atoms with Crippen LogP contribution in [0, 0.1) is 0 Å². The fourth-order valence-electron chi connectivity index (χ4n) is 5.72. The van der Waals surface area contributed by atoms with Crippen LogP contribution in [0.2, 0.25) is 0 Å². The van der Waals surface area contributed by atoms with Gasteiger partial charge >= 0.3 is 0 Å². The van der Waals surface area contributed by atoms with Crippen molar-refractivity contribution in [3.05, 3.63) is 124 Å². The van der Waals surface area contributed by atoms with Crippen molar-refractivity contribution < 1.29 is 4.79 Å². The van der Waals surface area contributed by atoms with Crippen molar-refractivity contribution in [1.29, 1.82) is 0 Å². The highest BCUT2D eigenvalue weighted by atomic mass is 16.1. The summed E-state index contributed by atoms with van der Waals surface area (Å²) in [7, 11) is 0. The molecular formula is C28H17NO2. The predicted molar refractivity (Wildman–Crippen MR) is 122 cm³/mol. The topological polar surface area (TPSA) is 39.1 Å². The Kier molecular flexibility index (Phi) is 3.02. The molecule has 3 nitrogen and oxygen atoms in total. The van der Waals surface area contributed by atoms with E-state index in [2.05, 4.69) is 12.1 Å². The van der Waals surface area contributed by atoms with E-state index >= 15 is 0 Å². The summed E-state index contributed by atoms with van der Waals surface area (Å²) in [5.41, 5.74) is 3.43. The van der Waals surface area contributed by atoms with Crippen LogP contribution < -0.4 is 5.56 Å². The molecule has 0 saturated heterocycles. The third kappa shape index (κ3) is 1.89. The van der Waals surface area contributed by atoms with Crippen LogP contribution >= 0.6 is 0 Å². The number of Topliss-reactive ketones (excluding diaryl/α,β-unsaturated/α-hetero) is 1. The molecule has 1 aliphatic heterocycles. The van der Waals surface area contributed by atoms with Gasteiger partial charge in [0.15, 0.2) is 5.78 Å². The zero-order chi connectivity index (χ0) is 20.7. The summed E-state index contributed by atoms with van der Waals surface area (Å²) in [5.74, 6) is 0.0904. The molecule has 3 heteroatoms. The Hall–Kier alpha value is -3.98. The Morgan fingerprint density at radius 2 is 1.42 bits per heavy atom. The van der Waals surface area contributed by atoms with Crippen molar-refractivity contribution in [3.8, 4) is 5.69 Å². The molecule has 2 aliphatic rings. The molecule has 0 fully saturated rings. The SMILES string of the molecule is O=C1c2c(ccc3ccccc23)CC12c1ccccc1-n1c2cc2ccccc2c1=O. The minimum Gasteiger partial charge on any atom is -0.293 e. The minimum absolute atomic E-state index is 0.0639. The lowest BCUT2D eigenvalue weighted by Gasteiger charge is -2.23.